The summed E-state index contributed by atoms with van der Waals surface area (Å²) in [4.78, 5) is 30.9. The normalized spacial score (nSPS) is 15.3. The molecule has 1 aliphatic rings. The van der Waals surface area contributed by atoms with Crippen molar-refractivity contribution in [1.29, 1.82) is 0 Å². The summed E-state index contributed by atoms with van der Waals surface area (Å²) in [5.74, 6) is 1.09. The molecule has 1 atom stereocenters. The van der Waals surface area contributed by atoms with Gasteiger partial charge in [0.2, 0.25) is 5.76 Å². The van der Waals surface area contributed by atoms with E-state index in [0.29, 0.717) is 41.2 Å². The first-order chi connectivity index (χ1) is 16.5. The average Bonchev–Trinajstić information content (AvgIpc) is 3.11. The fraction of sp³-hybridized carbons (Fsp3) is 0.407. The van der Waals surface area contributed by atoms with E-state index in [2.05, 4.69) is 11.8 Å². The molecule has 0 aliphatic carbocycles. The predicted octanol–water partition coefficient (Wildman–Crippen LogP) is 4.48. The zero-order chi connectivity index (χ0) is 24.2. The Labute approximate surface area is 199 Å². The molecule has 34 heavy (non-hydrogen) atoms. The molecule has 2 heterocycles. The largest absolute Gasteiger partial charge is 0.493 e. The minimum Gasteiger partial charge on any atom is -0.493 e. The number of carbonyl (C=O) groups excluding carboxylic acids is 1. The Balaban J connectivity index is 1.80. The standard InChI is InChI=1S/C27H32N2O5/c1-5-6-16-33-21-13-12-18(17-22(21)32-4)24-23-25(30)19-10-7-8-11-20(19)34-26(23)27(31)29(24)15-9-14-28(2)3/h7-8,10-13,17,24H,5-6,9,14-16H2,1-4H3/t24-/m1/s1. The van der Waals surface area contributed by atoms with Crippen LogP contribution in [0.4, 0.5) is 0 Å². The molecular weight excluding hydrogens is 432 g/mol. The van der Waals surface area contributed by atoms with Crippen LogP contribution in [0, 0.1) is 0 Å². The number of para-hydroxylation sites is 1. The Kier molecular flexibility index (Phi) is 7.22. The molecule has 4 rings (SSSR count). The second-order valence-electron chi connectivity index (χ2n) is 8.84. The third kappa shape index (κ3) is 4.53. The minimum atomic E-state index is -0.552. The van der Waals surface area contributed by atoms with Gasteiger partial charge in [0.15, 0.2) is 16.9 Å². The van der Waals surface area contributed by atoms with E-state index in [1.807, 2.05) is 32.3 Å². The van der Waals surface area contributed by atoms with Crippen molar-refractivity contribution >= 4 is 16.9 Å². The molecule has 7 heteroatoms. The van der Waals surface area contributed by atoms with Crippen molar-refractivity contribution in [3.05, 3.63) is 69.6 Å². The highest BCUT2D eigenvalue weighted by Crippen LogP contribution is 2.41. The Morgan fingerprint density at radius 2 is 1.85 bits per heavy atom. The topological polar surface area (TPSA) is 72.2 Å². The molecule has 0 radical (unpaired) electrons. The second-order valence-corrected chi connectivity index (χ2v) is 8.84. The van der Waals surface area contributed by atoms with Crippen LogP contribution in [0.15, 0.2) is 51.7 Å². The Morgan fingerprint density at radius 3 is 2.59 bits per heavy atom. The van der Waals surface area contributed by atoms with Crippen LogP contribution in [-0.2, 0) is 0 Å². The van der Waals surface area contributed by atoms with Crippen molar-refractivity contribution in [2.75, 3.05) is 40.9 Å². The Hall–Kier alpha value is -3.32. The van der Waals surface area contributed by atoms with Gasteiger partial charge in [0.25, 0.3) is 5.91 Å². The third-order valence-electron chi connectivity index (χ3n) is 6.14. The van der Waals surface area contributed by atoms with E-state index in [1.165, 1.54) is 0 Å². The number of carbonyl (C=O) groups is 1. The van der Waals surface area contributed by atoms with Gasteiger partial charge in [-0.3, -0.25) is 9.59 Å². The highest BCUT2D eigenvalue weighted by molar-refractivity contribution is 5.99. The molecular formula is C27H32N2O5. The maximum Gasteiger partial charge on any atom is 0.290 e. The molecule has 0 saturated carbocycles. The van der Waals surface area contributed by atoms with Gasteiger partial charge >= 0.3 is 0 Å². The van der Waals surface area contributed by atoms with Crippen molar-refractivity contribution in [2.24, 2.45) is 0 Å². The number of methoxy groups -OCH3 is 1. The SMILES string of the molecule is CCCCOc1ccc([C@@H]2c3c(oc4ccccc4c3=O)C(=O)N2CCCN(C)C)cc1OC. The number of benzene rings is 2. The van der Waals surface area contributed by atoms with E-state index in [9.17, 15) is 9.59 Å². The summed E-state index contributed by atoms with van der Waals surface area (Å²) in [5, 5.41) is 0.473. The van der Waals surface area contributed by atoms with Crippen molar-refractivity contribution in [3.8, 4) is 11.5 Å². The monoisotopic (exact) mass is 464 g/mol. The fourth-order valence-electron chi connectivity index (χ4n) is 4.40. The molecule has 0 saturated heterocycles. The highest BCUT2D eigenvalue weighted by Gasteiger charge is 2.42. The lowest BCUT2D eigenvalue weighted by Crippen LogP contribution is -2.32. The molecule has 0 bridgehead atoms. The maximum atomic E-state index is 13.6. The summed E-state index contributed by atoms with van der Waals surface area (Å²) >= 11 is 0. The molecule has 0 N–H and O–H groups in total. The number of fused-ring (bicyclic) bond motifs is 2. The minimum absolute atomic E-state index is 0.126. The van der Waals surface area contributed by atoms with Gasteiger partial charge in [0.1, 0.15) is 5.58 Å². The lowest BCUT2D eigenvalue weighted by molar-refractivity contribution is 0.0722. The van der Waals surface area contributed by atoms with Crippen LogP contribution in [0.1, 0.15) is 53.9 Å². The molecule has 0 unspecified atom stereocenters. The number of unbranched alkanes of at least 4 members (excludes halogenated alkanes) is 1. The van der Waals surface area contributed by atoms with E-state index in [0.717, 1.165) is 31.4 Å². The molecule has 2 aromatic carbocycles. The lowest BCUT2D eigenvalue weighted by atomic mass is 9.98. The van der Waals surface area contributed by atoms with Gasteiger partial charge in [0.05, 0.1) is 30.7 Å². The summed E-state index contributed by atoms with van der Waals surface area (Å²) in [6.07, 6.45) is 2.75. The zero-order valence-electron chi connectivity index (χ0n) is 20.3. The quantitative estimate of drug-likeness (QED) is 0.412. The van der Waals surface area contributed by atoms with Gasteiger partial charge in [-0.15, -0.1) is 0 Å². The van der Waals surface area contributed by atoms with E-state index in [-0.39, 0.29) is 17.1 Å². The van der Waals surface area contributed by atoms with Crippen LogP contribution < -0.4 is 14.9 Å². The Morgan fingerprint density at radius 1 is 1.06 bits per heavy atom. The van der Waals surface area contributed by atoms with Gasteiger partial charge in [-0.25, -0.2) is 0 Å². The van der Waals surface area contributed by atoms with E-state index in [1.54, 1.807) is 36.3 Å². The molecule has 1 aromatic heterocycles. The average molecular weight is 465 g/mol. The van der Waals surface area contributed by atoms with Crippen LogP contribution in [0.25, 0.3) is 11.0 Å². The highest BCUT2D eigenvalue weighted by atomic mass is 16.5. The lowest BCUT2D eigenvalue weighted by Gasteiger charge is -2.26. The number of ether oxygens (including phenoxy) is 2. The van der Waals surface area contributed by atoms with Crippen molar-refractivity contribution in [1.82, 2.24) is 9.80 Å². The van der Waals surface area contributed by atoms with Crippen molar-refractivity contribution < 1.29 is 18.7 Å². The number of amides is 1. The molecule has 180 valence electrons. The maximum absolute atomic E-state index is 13.6. The summed E-state index contributed by atoms with van der Waals surface area (Å²) in [6.45, 7) is 4.03. The molecule has 0 spiro atoms. The summed E-state index contributed by atoms with van der Waals surface area (Å²) < 4.78 is 17.5. The smallest absolute Gasteiger partial charge is 0.290 e. The molecule has 0 fully saturated rings. The van der Waals surface area contributed by atoms with E-state index < -0.39 is 6.04 Å². The fourth-order valence-corrected chi connectivity index (χ4v) is 4.40. The molecule has 1 amide bonds. The number of hydrogen-bond donors (Lipinski definition) is 0. The van der Waals surface area contributed by atoms with Crippen molar-refractivity contribution in [3.63, 3.8) is 0 Å². The van der Waals surface area contributed by atoms with Crippen LogP contribution in [-0.4, -0.2) is 56.6 Å². The molecule has 3 aromatic rings. The molecule has 1 aliphatic heterocycles. The van der Waals surface area contributed by atoms with Gasteiger partial charge in [-0.05, 0) is 63.3 Å². The van der Waals surface area contributed by atoms with Crippen LogP contribution in [0.5, 0.6) is 11.5 Å². The summed E-state index contributed by atoms with van der Waals surface area (Å²) in [6, 6.07) is 12.1. The van der Waals surface area contributed by atoms with E-state index >= 15 is 0 Å². The second kappa shape index (κ2) is 10.3. The first-order valence-corrected chi connectivity index (χ1v) is 11.8. The number of hydrogen-bond acceptors (Lipinski definition) is 6. The summed E-state index contributed by atoms with van der Waals surface area (Å²) in [5.41, 5.74) is 1.42. The number of rotatable bonds is 10. The van der Waals surface area contributed by atoms with E-state index in [4.69, 9.17) is 13.9 Å². The van der Waals surface area contributed by atoms with Gasteiger partial charge in [-0.1, -0.05) is 31.5 Å². The van der Waals surface area contributed by atoms with Crippen LogP contribution in [0.2, 0.25) is 0 Å². The summed E-state index contributed by atoms with van der Waals surface area (Å²) in [7, 11) is 5.59. The number of nitrogens with zero attached hydrogens (tertiary/aromatic N) is 2. The first kappa shape index (κ1) is 23.8. The van der Waals surface area contributed by atoms with Crippen molar-refractivity contribution in [2.45, 2.75) is 32.2 Å². The third-order valence-corrected chi connectivity index (χ3v) is 6.14. The predicted molar refractivity (Wildman–Crippen MR) is 132 cm³/mol. The van der Waals surface area contributed by atoms with Crippen LogP contribution >= 0.6 is 0 Å². The molecule has 7 nitrogen and oxygen atoms in total. The van der Waals surface area contributed by atoms with Crippen LogP contribution in [0.3, 0.4) is 0 Å². The Bertz CT molecular complexity index is 1230. The first-order valence-electron chi connectivity index (χ1n) is 11.8. The van der Waals surface area contributed by atoms with Gasteiger partial charge < -0.3 is 23.7 Å². The zero-order valence-corrected chi connectivity index (χ0v) is 20.3. The van der Waals surface area contributed by atoms with Gasteiger partial charge in [0, 0.05) is 6.54 Å². The van der Waals surface area contributed by atoms with Gasteiger partial charge in [-0.2, -0.15) is 0 Å².